The van der Waals surface area contributed by atoms with Gasteiger partial charge in [-0.3, -0.25) is 4.79 Å². The highest BCUT2D eigenvalue weighted by Gasteiger charge is 2.26. The van der Waals surface area contributed by atoms with Crippen LogP contribution in [0.1, 0.15) is 41.9 Å². The van der Waals surface area contributed by atoms with Crippen molar-refractivity contribution in [3.8, 4) is 0 Å². The molecule has 2 heterocycles. The van der Waals surface area contributed by atoms with Gasteiger partial charge in [-0.2, -0.15) is 0 Å². The number of hydrogen-bond acceptors (Lipinski definition) is 3. The molecule has 1 amide bonds. The smallest absolute Gasteiger partial charge is 0.264 e. The van der Waals surface area contributed by atoms with Crippen LogP contribution in [0, 0.1) is 0 Å². The molecule has 1 aromatic rings. The Kier molecular flexibility index (Phi) is 4.78. The molecule has 0 bridgehead atoms. The predicted octanol–water partition coefficient (Wildman–Crippen LogP) is 2.52. The number of rotatable bonds is 4. The van der Waals surface area contributed by atoms with E-state index < -0.39 is 0 Å². The number of piperidine rings is 1. The highest BCUT2D eigenvalue weighted by molar-refractivity contribution is 7.12. The Morgan fingerprint density at radius 3 is 2.78 bits per heavy atom. The zero-order chi connectivity index (χ0) is 13.0. The van der Waals surface area contributed by atoms with Crippen LogP contribution >= 0.6 is 11.3 Å². The van der Waals surface area contributed by atoms with Gasteiger partial charge in [-0.25, -0.2) is 0 Å². The fraction of sp³-hybridized carbons (Fsp3) is 0.643. The third-order valence-corrected chi connectivity index (χ3v) is 4.62. The lowest BCUT2D eigenvalue weighted by atomic mass is 10.0. The standard InChI is InChI=1S/C14H22N2OS/c1-3-11-7-10-18-13(11)14(17)16(4-2)12-5-8-15-9-6-12/h7,10,12,15H,3-6,8-9H2,1-2H3. The lowest BCUT2D eigenvalue weighted by Gasteiger charge is -2.33. The van der Waals surface area contributed by atoms with E-state index in [2.05, 4.69) is 30.1 Å². The summed E-state index contributed by atoms with van der Waals surface area (Å²) in [5.74, 6) is 0.233. The molecule has 1 fully saturated rings. The zero-order valence-electron chi connectivity index (χ0n) is 11.2. The van der Waals surface area contributed by atoms with Crippen molar-refractivity contribution in [2.24, 2.45) is 0 Å². The maximum absolute atomic E-state index is 12.6. The van der Waals surface area contributed by atoms with Crippen LogP contribution in [0.25, 0.3) is 0 Å². The lowest BCUT2D eigenvalue weighted by molar-refractivity contribution is 0.0660. The molecule has 0 saturated carbocycles. The van der Waals surface area contributed by atoms with Crippen molar-refractivity contribution in [2.45, 2.75) is 39.2 Å². The van der Waals surface area contributed by atoms with Gasteiger partial charge in [0, 0.05) is 12.6 Å². The Morgan fingerprint density at radius 1 is 1.44 bits per heavy atom. The van der Waals surface area contributed by atoms with Crippen LogP contribution in [-0.4, -0.2) is 36.5 Å². The van der Waals surface area contributed by atoms with E-state index in [9.17, 15) is 4.79 Å². The fourth-order valence-corrected chi connectivity index (χ4v) is 3.57. The van der Waals surface area contributed by atoms with Crippen LogP contribution in [0.4, 0.5) is 0 Å². The number of hydrogen-bond donors (Lipinski definition) is 1. The number of aryl methyl sites for hydroxylation is 1. The van der Waals surface area contributed by atoms with Crippen molar-refractivity contribution < 1.29 is 4.79 Å². The number of carbonyl (C=O) groups is 1. The van der Waals surface area contributed by atoms with Crippen molar-refractivity contribution >= 4 is 17.2 Å². The van der Waals surface area contributed by atoms with E-state index in [0.29, 0.717) is 6.04 Å². The Labute approximate surface area is 113 Å². The predicted molar refractivity (Wildman–Crippen MR) is 76.3 cm³/mol. The van der Waals surface area contributed by atoms with Crippen molar-refractivity contribution in [3.63, 3.8) is 0 Å². The quantitative estimate of drug-likeness (QED) is 0.908. The van der Waals surface area contributed by atoms with Crippen molar-refractivity contribution in [1.29, 1.82) is 0 Å². The number of nitrogens with one attached hydrogen (secondary N) is 1. The van der Waals surface area contributed by atoms with E-state index in [4.69, 9.17) is 0 Å². The highest BCUT2D eigenvalue weighted by atomic mass is 32.1. The molecule has 100 valence electrons. The fourth-order valence-electron chi connectivity index (χ4n) is 2.62. The minimum absolute atomic E-state index is 0.233. The summed E-state index contributed by atoms with van der Waals surface area (Å²) < 4.78 is 0. The van der Waals surface area contributed by atoms with Gasteiger partial charge in [0.2, 0.25) is 0 Å². The molecule has 0 aliphatic carbocycles. The Hall–Kier alpha value is -0.870. The molecule has 1 saturated heterocycles. The minimum atomic E-state index is 0.233. The normalized spacial score (nSPS) is 16.8. The van der Waals surface area contributed by atoms with Gasteiger partial charge in [-0.1, -0.05) is 6.92 Å². The maximum atomic E-state index is 12.6. The number of carbonyl (C=O) groups excluding carboxylic acids is 1. The molecule has 2 rings (SSSR count). The van der Waals surface area contributed by atoms with E-state index in [1.54, 1.807) is 11.3 Å². The van der Waals surface area contributed by atoms with E-state index in [1.807, 2.05) is 5.38 Å². The molecule has 18 heavy (non-hydrogen) atoms. The molecular weight excluding hydrogens is 244 g/mol. The van der Waals surface area contributed by atoms with Gasteiger partial charge in [0.25, 0.3) is 5.91 Å². The first-order valence-electron chi connectivity index (χ1n) is 6.86. The van der Waals surface area contributed by atoms with E-state index in [1.165, 1.54) is 5.56 Å². The second-order valence-electron chi connectivity index (χ2n) is 4.70. The summed E-state index contributed by atoms with van der Waals surface area (Å²) in [5.41, 5.74) is 1.19. The summed E-state index contributed by atoms with van der Waals surface area (Å²) in [4.78, 5) is 15.6. The van der Waals surface area contributed by atoms with Crippen LogP contribution in [0.3, 0.4) is 0 Å². The summed E-state index contributed by atoms with van der Waals surface area (Å²) in [5, 5.41) is 5.38. The van der Waals surface area contributed by atoms with Gasteiger partial charge >= 0.3 is 0 Å². The largest absolute Gasteiger partial charge is 0.335 e. The van der Waals surface area contributed by atoms with Gasteiger partial charge in [-0.05, 0) is 56.3 Å². The van der Waals surface area contributed by atoms with Crippen molar-refractivity contribution in [2.75, 3.05) is 19.6 Å². The average molecular weight is 266 g/mol. The molecule has 1 aliphatic rings. The van der Waals surface area contributed by atoms with Gasteiger partial charge in [-0.15, -0.1) is 11.3 Å². The van der Waals surface area contributed by atoms with E-state index in [-0.39, 0.29) is 5.91 Å². The summed E-state index contributed by atoms with van der Waals surface area (Å²) in [6.45, 7) is 7.06. The molecule has 0 atom stereocenters. The molecule has 0 spiro atoms. The third-order valence-electron chi connectivity index (χ3n) is 3.67. The third kappa shape index (κ3) is 2.75. The first-order chi connectivity index (χ1) is 8.77. The Balaban J connectivity index is 2.14. The summed E-state index contributed by atoms with van der Waals surface area (Å²) >= 11 is 1.58. The molecule has 1 aromatic heterocycles. The molecule has 3 nitrogen and oxygen atoms in total. The second kappa shape index (κ2) is 6.34. The average Bonchev–Trinajstić information content (AvgIpc) is 2.89. The SMILES string of the molecule is CCc1ccsc1C(=O)N(CC)C1CCNCC1. The van der Waals surface area contributed by atoms with Crippen LogP contribution < -0.4 is 5.32 Å². The first-order valence-corrected chi connectivity index (χ1v) is 7.74. The molecule has 0 aromatic carbocycles. The van der Waals surface area contributed by atoms with Crippen LogP contribution in [0.2, 0.25) is 0 Å². The highest BCUT2D eigenvalue weighted by Crippen LogP contribution is 2.22. The van der Waals surface area contributed by atoms with E-state index >= 15 is 0 Å². The number of amides is 1. The van der Waals surface area contributed by atoms with Crippen LogP contribution in [-0.2, 0) is 6.42 Å². The van der Waals surface area contributed by atoms with Gasteiger partial charge in [0.05, 0.1) is 4.88 Å². The zero-order valence-corrected chi connectivity index (χ0v) is 12.1. The monoisotopic (exact) mass is 266 g/mol. The summed E-state index contributed by atoms with van der Waals surface area (Å²) in [6.07, 6.45) is 3.09. The summed E-state index contributed by atoms with van der Waals surface area (Å²) in [7, 11) is 0. The molecule has 4 heteroatoms. The molecular formula is C14H22N2OS. The van der Waals surface area contributed by atoms with Crippen LogP contribution in [0.5, 0.6) is 0 Å². The number of nitrogens with zero attached hydrogens (tertiary/aromatic N) is 1. The molecule has 1 aliphatic heterocycles. The van der Waals surface area contributed by atoms with E-state index in [0.717, 1.165) is 43.8 Å². The first kappa shape index (κ1) is 13.6. The number of thiophene rings is 1. The Morgan fingerprint density at radius 2 is 2.17 bits per heavy atom. The topological polar surface area (TPSA) is 32.3 Å². The van der Waals surface area contributed by atoms with Gasteiger partial charge in [0.1, 0.15) is 0 Å². The Bertz CT molecular complexity index is 396. The van der Waals surface area contributed by atoms with Gasteiger partial charge < -0.3 is 10.2 Å². The molecule has 0 radical (unpaired) electrons. The van der Waals surface area contributed by atoms with Crippen molar-refractivity contribution in [1.82, 2.24) is 10.2 Å². The maximum Gasteiger partial charge on any atom is 0.264 e. The minimum Gasteiger partial charge on any atom is -0.335 e. The van der Waals surface area contributed by atoms with Gasteiger partial charge in [0.15, 0.2) is 0 Å². The van der Waals surface area contributed by atoms with Crippen molar-refractivity contribution in [3.05, 3.63) is 21.9 Å². The second-order valence-corrected chi connectivity index (χ2v) is 5.62. The molecule has 0 unspecified atom stereocenters. The lowest BCUT2D eigenvalue weighted by Crippen LogP contribution is -2.46. The summed E-state index contributed by atoms with van der Waals surface area (Å²) in [6, 6.07) is 2.49. The van der Waals surface area contributed by atoms with Crippen LogP contribution in [0.15, 0.2) is 11.4 Å². The molecule has 1 N–H and O–H groups in total.